The van der Waals surface area contributed by atoms with Gasteiger partial charge in [0.1, 0.15) is 36.9 Å². The van der Waals surface area contributed by atoms with Crippen LogP contribution in [0.5, 0.6) is 11.5 Å². The Labute approximate surface area is 157 Å². The second-order valence-electron chi connectivity index (χ2n) is 5.89. The number of benzene rings is 2. The van der Waals surface area contributed by atoms with Gasteiger partial charge in [0.05, 0.1) is 5.56 Å². The van der Waals surface area contributed by atoms with Gasteiger partial charge in [-0.05, 0) is 36.4 Å². The molecular formula is C20H21FN4O2. The SMILES string of the molecule is CN(C)N=C(c1ccccc1OCCOc1ccc(F)cc1)n1ccnc1. The summed E-state index contributed by atoms with van der Waals surface area (Å²) in [6, 6.07) is 13.6. The highest BCUT2D eigenvalue weighted by molar-refractivity contribution is 6.02. The van der Waals surface area contributed by atoms with Gasteiger partial charge in [0.2, 0.25) is 0 Å². The van der Waals surface area contributed by atoms with E-state index in [1.807, 2.05) is 49.1 Å². The van der Waals surface area contributed by atoms with E-state index < -0.39 is 0 Å². The fourth-order valence-electron chi connectivity index (χ4n) is 2.44. The van der Waals surface area contributed by atoms with Gasteiger partial charge in [0.15, 0.2) is 5.84 Å². The van der Waals surface area contributed by atoms with Crippen molar-refractivity contribution in [2.45, 2.75) is 0 Å². The molecular weight excluding hydrogens is 347 g/mol. The summed E-state index contributed by atoms with van der Waals surface area (Å²) in [4.78, 5) is 4.10. The molecule has 0 N–H and O–H groups in total. The average molecular weight is 368 g/mol. The Morgan fingerprint density at radius 1 is 1.07 bits per heavy atom. The van der Waals surface area contributed by atoms with E-state index >= 15 is 0 Å². The first-order chi connectivity index (χ1) is 13.1. The summed E-state index contributed by atoms with van der Waals surface area (Å²) in [6.45, 7) is 0.679. The zero-order valence-electron chi connectivity index (χ0n) is 15.2. The third-order valence-corrected chi connectivity index (χ3v) is 3.59. The maximum atomic E-state index is 12.9. The summed E-state index contributed by atoms with van der Waals surface area (Å²) in [5.41, 5.74) is 0.839. The molecule has 6 nitrogen and oxygen atoms in total. The standard InChI is InChI=1S/C20H21FN4O2/c1-24(2)23-20(25-12-11-22-15-25)18-5-3-4-6-19(18)27-14-13-26-17-9-7-16(21)8-10-17/h3-12,15H,13-14H2,1-2H3. The summed E-state index contributed by atoms with van der Waals surface area (Å²) < 4.78 is 26.2. The Kier molecular flexibility index (Phi) is 6.04. The summed E-state index contributed by atoms with van der Waals surface area (Å²) in [6.07, 6.45) is 5.22. The predicted molar refractivity (Wildman–Crippen MR) is 102 cm³/mol. The summed E-state index contributed by atoms with van der Waals surface area (Å²) >= 11 is 0. The zero-order valence-corrected chi connectivity index (χ0v) is 15.2. The zero-order chi connectivity index (χ0) is 19.1. The van der Waals surface area contributed by atoms with Crippen LogP contribution in [0, 0.1) is 5.82 Å². The molecule has 140 valence electrons. The smallest absolute Gasteiger partial charge is 0.168 e. The van der Waals surface area contributed by atoms with Crippen molar-refractivity contribution in [2.24, 2.45) is 5.10 Å². The first-order valence-electron chi connectivity index (χ1n) is 8.48. The van der Waals surface area contributed by atoms with Crippen LogP contribution >= 0.6 is 0 Å². The average Bonchev–Trinajstić information content (AvgIpc) is 3.19. The van der Waals surface area contributed by atoms with Crippen molar-refractivity contribution in [3.05, 3.63) is 78.6 Å². The minimum absolute atomic E-state index is 0.292. The Morgan fingerprint density at radius 2 is 1.81 bits per heavy atom. The van der Waals surface area contributed by atoms with Crippen molar-refractivity contribution in [3.63, 3.8) is 0 Å². The fraction of sp³-hybridized carbons (Fsp3) is 0.200. The van der Waals surface area contributed by atoms with Crippen molar-refractivity contribution < 1.29 is 13.9 Å². The van der Waals surface area contributed by atoms with Gasteiger partial charge in [-0.1, -0.05) is 12.1 Å². The molecule has 0 unspecified atom stereocenters. The molecule has 0 amide bonds. The number of hydrazone groups is 1. The van der Waals surface area contributed by atoms with E-state index in [4.69, 9.17) is 9.47 Å². The molecule has 0 saturated heterocycles. The first kappa shape index (κ1) is 18.4. The van der Waals surface area contributed by atoms with Gasteiger partial charge in [0, 0.05) is 26.5 Å². The van der Waals surface area contributed by atoms with E-state index in [2.05, 4.69) is 10.1 Å². The number of aromatic nitrogens is 2. The molecule has 0 aliphatic heterocycles. The Hall–Kier alpha value is -3.35. The van der Waals surface area contributed by atoms with Crippen LogP contribution in [0.25, 0.3) is 0 Å². The second-order valence-corrected chi connectivity index (χ2v) is 5.89. The molecule has 0 saturated carbocycles. The minimum Gasteiger partial charge on any atom is -0.490 e. The largest absolute Gasteiger partial charge is 0.490 e. The van der Waals surface area contributed by atoms with Gasteiger partial charge in [-0.25, -0.2) is 9.37 Å². The van der Waals surface area contributed by atoms with E-state index in [-0.39, 0.29) is 5.82 Å². The molecule has 1 heterocycles. The van der Waals surface area contributed by atoms with Crippen molar-refractivity contribution in [1.82, 2.24) is 14.6 Å². The number of hydrogen-bond donors (Lipinski definition) is 0. The molecule has 0 atom stereocenters. The van der Waals surface area contributed by atoms with E-state index in [1.54, 1.807) is 29.7 Å². The van der Waals surface area contributed by atoms with Crippen LogP contribution in [0.1, 0.15) is 5.56 Å². The highest BCUT2D eigenvalue weighted by Gasteiger charge is 2.13. The second kappa shape index (κ2) is 8.84. The number of nitrogens with zero attached hydrogens (tertiary/aromatic N) is 4. The number of ether oxygens (including phenoxy) is 2. The Morgan fingerprint density at radius 3 is 2.52 bits per heavy atom. The number of imidazole rings is 1. The lowest BCUT2D eigenvalue weighted by atomic mass is 10.2. The van der Waals surface area contributed by atoms with Crippen LogP contribution < -0.4 is 9.47 Å². The molecule has 0 radical (unpaired) electrons. The normalized spacial score (nSPS) is 11.3. The van der Waals surface area contributed by atoms with Crippen LogP contribution in [-0.4, -0.2) is 47.7 Å². The monoisotopic (exact) mass is 368 g/mol. The van der Waals surface area contributed by atoms with Gasteiger partial charge in [-0.3, -0.25) is 4.57 Å². The molecule has 0 aliphatic carbocycles. The van der Waals surface area contributed by atoms with Crippen LogP contribution in [0.4, 0.5) is 4.39 Å². The van der Waals surface area contributed by atoms with E-state index in [9.17, 15) is 4.39 Å². The molecule has 3 rings (SSSR count). The van der Waals surface area contributed by atoms with Crippen molar-refractivity contribution in [1.29, 1.82) is 0 Å². The number of halogens is 1. The molecule has 0 spiro atoms. The molecule has 1 aromatic heterocycles. The summed E-state index contributed by atoms with van der Waals surface area (Å²) in [5, 5.41) is 6.29. The molecule has 0 bridgehead atoms. The third kappa shape index (κ3) is 5.07. The fourth-order valence-corrected chi connectivity index (χ4v) is 2.44. The maximum Gasteiger partial charge on any atom is 0.168 e. The highest BCUT2D eigenvalue weighted by atomic mass is 19.1. The lowest BCUT2D eigenvalue weighted by Crippen LogP contribution is -2.19. The summed E-state index contributed by atoms with van der Waals surface area (Å²) in [5.74, 6) is 1.70. The van der Waals surface area contributed by atoms with Crippen LogP contribution in [0.2, 0.25) is 0 Å². The molecule has 3 aromatic rings. The predicted octanol–water partition coefficient (Wildman–Crippen LogP) is 3.25. The van der Waals surface area contributed by atoms with Gasteiger partial charge in [0.25, 0.3) is 0 Å². The van der Waals surface area contributed by atoms with Crippen LogP contribution in [0.15, 0.2) is 72.4 Å². The maximum absolute atomic E-state index is 12.9. The first-order valence-corrected chi connectivity index (χ1v) is 8.48. The number of hydrogen-bond acceptors (Lipinski definition) is 5. The van der Waals surface area contributed by atoms with Gasteiger partial charge < -0.3 is 14.5 Å². The lowest BCUT2D eigenvalue weighted by Gasteiger charge is -2.16. The number of para-hydroxylation sites is 1. The van der Waals surface area contributed by atoms with Crippen LogP contribution in [0.3, 0.4) is 0 Å². The quantitative estimate of drug-likeness (QED) is 0.278. The highest BCUT2D eigenvalue weighted by Crippen LogP contribution is 2.20. The Balaban J connectivity index is 1.70. The summed E-state index contributed by atoms with van der Waals surface area (Å²) in [7, 11) is 3.72. The molecule has 0 fully saturated rings. The molecule has 2 aromatic carbocycles. The van der Waals surface area contributed by atoms with E-state index in [0.717, 1.165) is 5.56 Å². The number of rotatable bonds is 7. The minimum atomic E-state index is -0.292. The van der Waals surface area contributed by atoms with Crippen LogP contribution in [-0.2, 0) is 0 Å². The van der Waals surface area contributed by atoms with Gasteiger partial charge in [-0.15, -0.1) is 0 Å². The molecule has 7 heteroatoms. The van der Waals surface area contributed by atoms with Gasteiger partial charge in [-0.2, -0.15) is 5.10 Å². The van der Waals surface area contributed by atoms with Crippen molar-refractivity contribution in [2.75, 3.05) is 27.3 Å². The third-order valence-electron chi connectivity index (χ3n) is 3.59. The lowest BCUT2D eigenvalue weighted by molar-refractivity contribution is 0.216. The Bertz CT molecular complexity index is 877. The van der Waals surface area contributed by atoms with Gasteiger partial charge >= 0.3 is 0 Å². The van der Waals surface area contributed by atoms with E-state index in [0.29, 0.717) is 30.5 Å². The topological polar surface area (TPSA) is 51.9 Å². The molecule has 0 aliphatic rings. The molecule has 27 heavy (non-hydrogen) atoms. The van der Waals surface area contributed by atoms with Crippen molar-refractivity contribution in [3.8, 4) is 11.5 Å². The van der Waals surface area contributed by atoms with Crippen molar-refractivity contribution >= 4 is 5.84 Å². The van der Waals surface area contributed by atoms with E-state index in [1.165, 1.54) is 12.1 Å².